The zero-order chi connectivity index (χ0) is 21.1. The molecule has 1 aliphatic heterocycles. The maximum absolute atomic E-state index is 12.8. The third kappa shape index (κ3) is 4.46. The Bertz CT molecular complexity index is 1030. The van der Waals surface area contributed by atoms with Crippen molar-refractivity contribution in [1.29, 1.82) is 0 Å². The van der Waals surface area contributed by atoms with E-state index in [4.69, 9.17) is 9.84 Å². The van der Waals surface area contributed by atoms with Crippen LogP contribution < -0.4 is 9.84 Å². The van der Waals surface area contributed by atoms with Gasteiger partial charge in [-0.15, -0.1) is 0 Å². The van der Waals surface area contributed by atoms with Gasteiger partial charge in [-0.3, -0.25) is 9.69 Å². The topological polar surface area (TPSA) is 102 Å². The predicted molar refractivity (Wildman–Crippen MR) is 114 cm³/mol. The molecule has 1 saturated heterocycles. The number of amides is 1. The summed E-state index contributed by atoms with van der Waals surface area (Å²) < 4.78 is 5.43. The summed E-state index contributed by atoms with van der Waals surface area (Å²) >= 11 is 4.42. The van der Waals surface area contributed by atoms with Crippen LogP contribution in [0, 0.1) is 0 Å². The number of aromatic carboxylic acids is 1. The number of amidine groups is 1. The quantitative estimate of drug-likeness (QED) is 0.658. The number of carboxylic acid groups (broad SMARTS) is 1. The number of likely N-dealkylation sites (N-methyl/N-ethyl adjacent to an activating group) is 1. The Morgan fingerprint density at radius 2 is 2.03 bits per heavy atom. The molecule has 7 nitrogen and oxygen atoms in total. The molecule has 1 N–H and O–H groups in total. The smallest absolute Gasteiger partial charge is 0.335 e. The SMILES string of the molecule is CCN1C(=O)/C(=C/c2cc(Br)c([O-])c(OC)c2)SC1=Nc1ccc(C(=O)O)cc1. The fourth-order valence-corrected chi connectivity index (χ4v) is 4.16. The van der Waals surface area contributed by atoms with Gasteiger partial charge in [0.05, 0.1) is 23.3 Å². The number of hydrogen-bond donors (Lipinski definition) is 1. The lowest BCUT2D eigenvalue weighted by molar-refractivity contribution is -0.271. The number of benzene rings is 2. The Hall–Kier alpha value is -2.78. The van der Waals surface area contributed by atoms with Crippen LogP contribution in [0.15, 0.2) is 50.8 Å². The molecular weight excluding hydrogens is 460 g/mol. The third-order valence-electron chi connectivity index (χ3n) is 4.09. The van der Waals surface area contributed by atoms with Crippen LogP contribution >= 0.6 is 27.7 Å². The van der Waals surface area contributed by atoms with Gasteiger partial charge < -0.3 is 14.9 Å². The van der Waals surface area contributed by atoms with Gasteiger partial charge in [0.25, 0.3) is 5.91 Å². The number of aliphatic imine (C=N–C) groups is 1. The second-order valence-corrected chi connectivity index (χ2v) is 7.80. The van der Waals surface area contributed by atoms with Crippen molar-refractivity contribution in [3.63, 3.8) is 0 Å². The van der Waals surface area contributed by atoms with Crippen molar-refractivity contribution in [3.8, 4) is 11.5 Å². The van der Waals surface area contributed by atoms with E-state index in [1.807, 2.05) is 6.92 Å². The molecule has 2 aromatic carbocycles. The first-order chi connectivity index (χ1) is 13.8. The highest BCUT2D eigenvalue weighted by Crippen LogP contribution is 2.37. The Balaban J connectivity index is 1.93. The molecule has 9 heteroatoms. The second kappa shape index (κ2) is 8.71. The maximum atomic E-state index is 12.8. The molecule has 0 unspecified atom stereocenters. The molecule has 0 aromatic heterocycles. The molecule has 0 radical (unpaired) electrons. The minimum absolute atomic E-state index is 0.165. The van der Waals surface area contributed by atoms with E-state index in [1.165, 1.54) is 35.9 Å². The van der Waals surface area contributed by atoms with Crippen molar-refractivity contribution < 1.29 is 24.5 Å². The van der Waals surface area contributed by atoms with Crippen LogP contribution in [0.1, 0.15) is 22.8 Å². The Kier molecular flexibility index (Phi) is 6.29. The number of hydrogen-bond acceptors (Lipinski definition) is 6. The van der Waals surface area contributed by atoms with Gasteiger partial charge in [-0.25, -0.2) is 9.79 Å². The van der Waals surface area contributed by atoms with Gasteiger partial charge in [-0.1, -0.05) is 21.7 Å². The Labute approximate surface area is 179 Å². The number of halogens is 1. The first-order valence-electron chi connectivity index (χ1n) is 8.52. The minimum atomic E-state index is -1.01. The average molecular weight is 476 g/mol. The summed E-state index contributed by atoms with van der Waals surface area (Å²) in [5, 5.41) is 21.4. The van der Waals surface area contributed by atoms with E-state index < -0.39 is 5.97 Å². The molecule has 1 heterocycles. The number of thioether (sulfide) groups is 1. The van der Waals surface area contributed by atoms with Gasteiger partial charge in [0.15, 0.2) is 5.17 Å². The summed E-state index contributed by atoms with van der Waals surface area (Å²) in [6.45, 7) is 2.28. The van der Waals surface area contributed by atoms with E-state index in [0.29, 0.717) is 32.3 Å². The van der Waals surface area contributed by atoms with Crippen molar-refractivity contribution in [2.75, 3.05) is 13.7 Å². The number of methoxy groups -OCH3 is 1. The average Bonchev–Trinajstić information content (AvgIpc) is 2.99. The number of nitrogens with zero attached hydrogens (tertiary/aromatic N) is 2. The summed E-state index contributed by atoms with van der Waals surface area (Å²) in [5.41, 5.74) is 1.36. The summed E-state index contributed by atoms with van der Waals surface area (Å²) in [7, 11) is 1.41. The molecule has 0 saturated carbocycles. The second-order valence-electron chi connectivity index (χ2n) is 5.94. The summed E-state index contributed by atoms with van der Waals surface area (Å²) in [4.78, 5) is 30.2. The van der Waals surface area contributed by atoms with Gasteiger partial charge in [-0.05, 0) is 66.7 Å². The molecule has 1 fully saturated rings. The number of carbonyl (C=O) groups is 2. The highest BCUT2D eigenvalue weighted by molar-refractivity contribution is 9.10. The zero-order valence-electron chi connectivity index (χ0n) is 15.5. The molecule has 1 aliphatic rings. The minimum Gasteiger partial charge on any atom is -0.869 e. The largest absolute Gasteiger partial charge is 0.869 e. The molecule has 2 aromatic rings. The fraction of sp³-hybridized carbons (Fsp3) is 0.150. The number of carboxylic acids is 1. The van der Waals surface area contributed by atoms with Crippen LogP contribution in [0.2, 0.25) is 0 Å². The van der Waals surface area contributed by atoms with Crippen molar-refractivity contribution in [3.05, 3.63) is 56.9 Å². The van der Waals surface area contributed by atoms with Crippen LogP contribution in [0.3, 0.4) is 0 Å². The van der Waals surface area contributed by atoms with Gasteiger partial charge in [-0.2, -0.15) is 0 Å². The summed E-state index contributed by atoms with van der Waals surface area (Å²) in [6, 6.07) is 9.30. The Morgan fingerprint density at radius 3 is 2.62 bits per heavy atom. The van der Waals surface area contributed by atoms with E-state index in [9.17, 15) is 14.7 Å². The Morgan fingerprint density at radius 1 is 1.34 bits per heavy atom. The van der Waals surface area contributed by atoms with E-state index >= 15 is 0 Å². The van der Waals surface area contributed by atoms with Crippen molar-refractivity contribution in [1.82, 2.24) is 4.90 Å². The lowest BCUT2D eigenvalue weighted by atomic mass is 10.2. The first kappa shape index (κ1) is 20.9. The van der Waals surface area contributed by atoms with Crippen molar-refractivity contribution in [2.24, 2.45) is 4.99 Å². The number of rotatable bonds is 5. The maximum Gasteiger partial charge on any atom is 0.335 e. The monoisotopic (exact) mass is 475 g/mol. The lowest BCUT2D eigenvalue weighted by Crippen LogP contribution is -2.28. The number of ether oxygens (including phenoxy) is 1. The van der Waals surface area contributed by atoms with Crippen molar-refractivity contribution in [2.45, 2.75) is 6.92 Å². The van der Waals surface area contributed by atoms with Crippen molar-refractivity contribution >= 4 is 56.5 Å². The van der Waals surface area contributed by atoms with Crippen LogP contribution in [-0.2, 0) is 4.79 Å². The molecule has 0 aliphatic carbocycles. The summed E-state index contributed by atoms with van der Waals surface area (Å²) in [5.74, 6) is -1.29. The van der Waals surface area contributed by atoms with Crippen LogP contribution in [0.4, 0.5) is 5.69 Å². The van der Waals surface area contributed by atoms with Gasteiger partial charge >= 0.3 is 5.97 Å². The molecule has 0 bridgehead atoms. The first-order valence-corrected chi connectivity index (χ1v) is 10.1. The molecule has 29 heavy (non-hydrogen) atoms. The highest BCUT2D eigenvalue weighted by atomic mass is 79.9. The zero-order valence-corrected chi connectivity index (χ0v) is 17.9. The molecule has 150 valence electrons. The van der Waals surface area contributed by atoms with Crippen LogP contribution in [0.5, 0.6) is 11.5 Å². The van der Waals surface area contributed by atoms with Gasteiger partial charge in [0.1, 0.15) is 5.75 Å². The van der Waals surface area contributed by atoms with Gasteiger partial charge in [0, 0.05) is 11.0 Å². The molecule has 1 amide bonds. The third-order valence-corrected chi connectivity index (χ3v) is 5.69. The highest BCUT2D eigenvalue weighted by Gasteiger charge is 2.32. The summed E-state index contributed by atoms with van der Waals surface area (Å²) in [6.07, 6.45) is 1.68. The normalized spacial score (nSPS) is 16.7. The van der Waals surface area contributed by atoms with Crippen LogP contribution in [-0.4, -0.2) is 40.7 Å². The van der Waals surface area contributed by atoms with E-state index in [-0.39, 0.29) is 23.0 Å². The fourth-order valence-electron chi connectivity index (χ4n) is 2.63. The lowest BCUT2D eigenvalue weighted by Gasteiger charge is -2.15. The molecule has 0 atom stereocenters. The van der Waals surface area contributed by atoms with Crippen LogP contribution in [0.25, 0.3) is 6.08 Å². The van der Waals surface area contributed by atoms with E-state index in [0.717, 1.165) is 0 Å². The van der Waals surface area contributed by atoms with Gasteiger partial charge in [0.2, 0.25) is 0 Å². The standard InChI is InChI=1S/C20H17BrN2O5S/c1-3-23-18(25)16(10-11-8-14(21)17(24)15(9-11)28-2)29-20(23)22-13-6-4-12(5-7-13)19(26)27/h4-10,24H,3H2,1-2H3,(H,26,27)/p-1/b16-10-,22-20?. The predicted octanol–water partition coefficient (Wildman–Crippen LogP) is 3.85. The van der Waals surface area contributed by atoms with E-state index in [1.54, 1.807) is 30.3 Å². The molecule has 0 spiro atoms. The van der Waals surface area contributed by atoms with E-state index in [2.05, 4.69) is 20.9 Å². The molecular formula is C20H16BrN2O5S-. The number of carbonyl (C=O) groups excluding carboxylic acids is 1. The molecule has 3 rings (SSSR count).